The zero-order valence-electron chi connectivity index (χ0n) is 29.2. The van der Waals surface area contributed by atoms with Crippen molar-refractivity contribution in [3.8, 4) is 23.6 Å². The Morgan fingerprint density at radius 1 is 0.800 bits per heavy atom. The van der Waals surface area contributed by atoms with Gasteiger partial charge in [0.15, 0.2) is 0 Å². The Hall–Kier alpha value is -5.37. The summed E-state index contributed by atoms with van der Waals surface area (Å²) in [6, 6.07) is 17.4. The summed E-state index contributed by atoms with van der Waals surface area (Å²) in [7, 11) is 0. The first-order chi connectivity index (χ1) is 23.8. The standard InChI is InChI=1S/C19H21N3O2.C11H16N2O2.C8H5NO2/c1-13-18-17(12-23-19(2,3)24-18)16(11-22-13)10-21-9-15-6-4-14(8-20)5-7-15;1-7-10-9(8(4-12)5-13-7)6-14-11(2,3)15-10;9-5-6-1-3-7(4-2-6)8(10)11/h4-7,11,21H,9-10,12H2,1-3H3;5H,4,6,12H2,1-3H3;1-4H,(H,10,11). The van der Waals surface area contributed by atoms with Gasteiger partial charge in [-0.3, -0.25) is 9.97 Å². The van der Waals surface area contributed by atoms with E-state index in [-0.39, 0.29) is 5.56 Å². The summed E-state index contributed by atoms with van der Waals surface area (Å²) in [5.74, 6) is -0.506. The average molecular weight is 679 g/mol. The predicted molar refractivity (Wildman–Crippen MR) is 185 cm³/mol. The molecule has 2 aromatic heterocycles. The number of nitrogens with two attached hydrogens (primary N) is 1. The van der Waals surface area contributed by atoms with Gasteiger partial charge in [0.1, 0.15) is 11.5 Å². The number of nitrogens with one attached hydrogen (secondary N) is 1. The minimum Gasteiger partial charge on any atom is -0.478 e. The molecular weight excluding hydrogens is 636 g/mol. The van der Waals surface area contributed by atoms with Crippen LogP contribution in [0.1, 0.15) is 88.4 Å². The number of aromatic carboxylic acids is 1. The molecule has 0 bridgehead atoms. The molecule has 260 valence electrons. The van der Waals surface area contributed by atoms with Crippen molar-refractivity contribution in [2.45, 2.75) is 86.0 Å². The van der Waals surface area contributed by atoms with Crippen LogP contribution in [0.15, 0.2) is 60.9 Å². The van der Waals surface area contributed by atoms with Crippen molar-refractivity contribution in [1.29, 1.82) is 10.5 Å². The van der Waals surface area contributed by atoms with Crippen LogP contribution in [-0.2, 0) is 42.3 Å². The second-order valence-corrected chi connectivity index (χ2v) is 12.5. The molecular formula is C38H42N6O6. The molecule has 50 heavy (non-hydrogen) atoms. The fourth-order valence-electron chi connectivity index (χ4n) is 5.04. The average Bonchev–Trinajstić information content (AvgIpc) is 3.10. The summed E-state index contributed by atoms with van der Waals surface area (Å²) in [5, 5.41) is 29.1. The highest BCUT2D eigenvalue weighted by Gasteiger charge is 2.31. The highest BCUT2D eigenvalue weighted by Crippen LogP contribution is 2.36. The number of rotatable bonds is 6. The number of hydrogen-bond donors (Lipinski definition) is 3. The summed E-state index contributed by atoms with van der Waals surface area (Å²) in [6.45, 7) is 14.4. The minimum absolute atomic E-state index is 0.198. The number of carbonyl (C=O) groups is 1. The lowest BCUT2D eigenvalue weighted by molar-refractivity contribution is -0.181. The SMILES string of the molecule is Cc1ncc(CN)c2c1OC(C)(C)OC2.Cc1ncc(CNCc2ccc(C#N)cc2)c2c1OC(C)(C)OC2.N#Cc1ccc(C(=O)O)cc1. The van der Waals surface area contributed by atoms with Crippen molar-refractivity contribution >= 4 is 5.97 Å². The Bertz CT molecular complexity index is 1890. The van der Waals surface area contributed by atoms with Crippen LogP contribution in [-0.4, -0.2) is 32.6 Å². The first-order valence-electron chi connectivity index (χ1n) is 16.0. The van der Waals surface area contributed by atoms with Crippen molar-refractivity contribution in [3.63, 3.8) is 0 Å². The van der Waals surface area contributed by atoms with Gasteiger partial charge in [-0.05, 0) is 66.9 Å². The molecule has 12 nitrogen and oxygen atoms in total. The monoisotopic (exact) mass is 678 g/mol. The Kier molecular flexibility index (Phi) is 12.2. The Morgan fingerprint density at radius 3 is 1.72 bits per heavy atom. The van der Waals surface area contributed by atoms with Gasteiger partial charge >= 0.3 is 5.97 Å². The number of benzene rings is 2. The lowest BCUT2D eigenvalue weighted by atomic mass is 10.1. The number of hydrogen-bond acceptors (Lipinski definition) is 11. The van der Waals surface area contributed by atoms with Crippen LogP contribution >= 0.6 is 0 Å². The lowest BCUT2D eigenvalue weighted by Crippen LogP contribution is -2.36. The van der Waals surface area contributed by atoms with E-state index in [9.17, 15) is 4.79 Å². The molecule has 2 aliphatic rings. The van der Waals surface area contributed by atoms with E-state index < -0.39 is 17.5 Å². The van der Waals surface area contributed by atoms with E-state index in [0.717, 1.165) is 57.2 Å². The van der Waals surface area contributed by atoms with E-state index >= 15 is 0 Å². The number of pyridine rings is 2. The third-order valence-corrected chi connectivity index (χ3v) is 7.84. The number of aryl methyl sites for hydroxylation is 2. The molecule has 2 aromatic carbocycles. The Morgan fingerprint density at radius 2 is 1.26 bits per heavy atom. The topological polar surface area (TPSA) is 186 Å². The van der Waals surface area contributed by atoms with E-state index in [4.69, 9.17) is 40.3 Å². The number of nitriles is 2. The second-order valence-electron chi connectivity index (χ2n) is 12.5. The van der Waals surface area contributed by atoms with Gasteiger partial charge in [-0.2, -0.15) is 10.5 Å². The molecule has 0 fully saturated rings. The number of aromatic nitrogens is 2. The van der Waals surface area contributed by atoms with Crippen molar-refractivity contribution in [2.75, 3.05) is 0 Å². The van der Waals surface area contributed by atoms with Crippen LogP contribution in [0, 0.1) is 36.5 Å². The van der Waals surface area contributed by atoms with E-state index in [1.54, 1.807) is 6.20 Å². The van der Waals surface area contributed by atoms with Crippen LogP contribution in [0.2, 0.25) is 0 Å². The van der Waals surface area contributed by atoms with Crippen molar-refractivity contribution < 1.29 is 28.8 Å². The zero-order valence-corrected chi connectivity index (χ0v) is 29.2. The minimum atomic E-state index is -0.977. The molecule has 2 aliphatic heterocycles. The van der Waals surface area contributed by atoms with Gasteiger partial charge in [0, 0.05) is 70.8 Å². The van der Waals surface area contributed by atoms with Crippen molar-refractivity contribution in [1.82, 2.24) is 15.3 Å². The van der Waals surface area contributed by atoms with Crippen LogP contribution in [0.3, 0.4) is 0 Å². The van der Waals surface area contributed by atoms with Gasteiger partial charge in [0.25, 0.3) is 0 Å². The number of carboxylic acid groups (broad SMARTS) is 1. The smallest absolute Gasteiger partial charge is 0.335 e. The summed E-state index contributed by atoms with van der Waals surface area (Å²) < 4.78 is 23.0. The molecule has 0 unspecified atom stereocenters. The van der Waals surface area contributed by atoms with Gasteiger partial charge in [-0.15, -0.1) is 0 Å². The summed E-state index contributed by atoms with van der Waals surface area (Å²) in [6.07, 6.45) is 3.67. The molecule has 4 aromatic rings. The molecule has 4 heterocycles. The maximum absolute atomic E-state index is 10.3. The van der Waals surface area contributed by atoms with Gasteiger partial charge in [0.2, 0.25) is 11.6 Å². The summed E-state index contributed by atoms with van der Waals surface area (Å²) in [5.41, 5.74) is 14.1. The molecule has 0 radical (unpaired) electrons. The Balaban J connectivity index is 0.000000184. The van der Waals surface area contributed by atoms with E-state index in [1.165, 1.54) is 24.3 Å². The van der Waals surface area contributed by atoms with Crippen LogP contribution in [0.25, 0.3) is 0 Å². The van der Waals surface area contributed by atoms with Crippen molar-refractivity contribution in [3.05, 3.63) is 117 Å². The van der Waals surface area contributed by atoms with Crippen molar-refractivity contribution in [2.24, 2.45) is 5.73 Å². The van der Waals surface area contributed by atoms with Gasteiger partial charge in [0.05, 0.1) is 53.4 Å². The fourth-order valence-corrected chi connectivity index (χ4v) is 5.04. The molecule has 12 heteroatoms. The predicted octanol–water partition coefficient (Wildman–Crippen LogP) is 5.95. The second kappa shape index (κ2) is 16.4. The largest absolute Gasteiger partial charge is 0.478 e. The molecule has 0 saturated carbocycles. The molecule has 4 N–H and O–H groups in total. The van der Waals surface area contributed by atoms with Gasteiger partial charge in [-0.25, -0.2) is 4.79 Å². The molecule has 0 spiro atoms. The molecule has 0 atom stereocenters. The van der Waals surface area contributed by atoms with E-state index in [2.05, 4.69) is 21.4 Å². The van der Waals surface area contributed by atoms with Gasteiger partial charge < -0.3 is 35.1 Å². The van der Waals surface area contributed by atoms with Crippen LogP contribution in [0.5, 0.6) is 11.5 Å². The van der Waals surface area contributed by atoms with Crippen LogP contribution in [0.4, 0.5) is 0 Å². The number of fused-ring (bicyclic) bond motifs is 2. The lowest BCUT2D eigenvalue weighted by Gasteiger charge is -2.34. The number of nitrogens with zero attached hydrogens (tertiary/aromatic N) is 4. The van der Waals surface area contributed by atoms with Gasteiger partial charge in [-0.1, -0.05) is 12.1 Å². The zero-order chi connectivity index (χ0) is 36.5. The Labute approximate surface area is 292 Å². The molecule has 6 rings (SSSR count). The maximum atomic E-state index is 10.3. The maximum Gasteiger partial charge on any atom is 0.335 e. The normalized spacial score (nSPS) is 14.7. The highest BCUT2D eigenvalue weighted by atomic mass is 16.7. The highest BCUT2D eigenvalue weighted by molar-refractivity contribution is 5.87. The fraction of sp³-hybridized carbons (Fsp3) is 0.342. The molecule has 0 saturated heterocycles. The molecule has 0 amide bonds. The first-order valence-corrected chi connectivity index (χ1v) is 16.0. The van der Waals surface area contributed by atoms with E-state index in [1.807, 2.05) is 78.1 Å². The third-order valence-electron chi connectivity index (χ3n) is 7.84. The summed E-state index contributed by atoms with van der Waals surface area (Å²) >= 11 is 0. The number of carboxylic acids is 1. The van der Waals surface area contributed by atoms with E-state index in [0.29, 0.717) is 37.4 Å². The molecule has 0 aliphatic carbocycles. The quantitative estimate of drug-likeness (QED) is 0.218. The number of ether oxygens (including phenoxy) is 4. The third kappa shape index (κ3) is 9.84. The summed E-state index contributed by atoms with van der Waals surface area (Å²) in [4.78, 5) is 19.0. The van der Waals surface area contributed by atoms with Crippen LogP contribution < -0.4 is 20.5 Å². The first kappa shape index (κ1) is 37.4.